The van der Waals surface area contributed by atoms with Gasteiger partial charge in [0.15, 0.2) is 6.04 Å². The SMILES string of the molecule is CCCCCCCOc1ccc2c([C@H](N3NC(=O)CC3(C)C)C(F)(F)F)cccc2c1. The second-order valence-corrected chi connectivity index (χ2v) is 8.83. The van der Waals surface area contributed by atoms with Gasteiger partial charge < -0.3 is 4.74 Å². The van der Waals surface area contributed by atoms with E-state index in [4.69, 9.17) is 4.74 Å². The van der Waals surface area contributed by atoms with Crippen LogP contribution in [-0.2, 0) is 4.79 Å². The second kappa shape index (κ2) is 9.47. The van der Waals surface area contributed by atoms with Crippen molar-refractivity contribution in [3.63, 3.8) is 0 Å². The van der Waals surface area contributed by atoms with Crippen molar-refractivity contribution in [1.82, 2.24) is 10.4 Å². The highest BCUT2D eigenvalue weighted by atomic mass is 19.4. The molecule has 1 aliphatic heterocycles. The van der Waals surface area contributed by atoms with Crippen LogP contribution in [0.1, 0.15) is 70.9 Å². The van der Waals surface area contributed by atoms with Crippen LogP contribution in [0.2, 0.25) is 0 Å². The summed E-state index contributed by atoms with van der Waals surface area (Å²) in [7, 11) is 0. The van der Waals surface area contributed by atoms with Gasteiger partial charge in [-0.05, 0) is 48.7 Å². The van der Waals surface area contributed by atoms with Crippen molar-refractivity contribution in [2.45, 2.75) is 77.1 Å². The van der Waals surface area contributed by atoms with Gasteiger partial charge in [0.2, 0.25) is 5.91 Å². The summed E-state index contributed by atoms with van der Waals surface area (Å²) in [5, 5.41) is 2.22. The molecule has 1 aliphatic rings. The van der Waals surface area contributed by atoms with Crippen LogP contribution in [-0.4, -0.2) is 29.2 Å². The highest BCUT2D eigenvalue weighted by molar-refractivity contribution is 5.87. The van der Waals surface area contributed by atoms with Gasteiger partial charge in [0.1, 0.15) is 5.75 Å². The molecule has 0 bridgehead atoms. The third-order valence-electron chi connectivity index (χ3n) is 5.76. The van der Waals surface area contributed by atoms with E-state index >= 15 is 0 Å². The van der Waals surface area contributed by atoms with Crippen molar-refractivity contribution >= 4 is 16.7 Å². The van der Waals surface area contributed by atoms with E-state index in [0.717, 1.165) is 17.9 Å². The molecule has 1 fully saturated rings. The Bertz CT molecular complexity index is 911. The molecule has 7 heteroatoms. The Labute approximate surface area is 181 Å². The number of unbranched alkanes of at least 4 members (excludes halogenated alkanes) is 4. The number of amides is 1. The van der Waals surface area contributed by atoms with E-state index in [9.17, 15) is 18.0 Å². The van der Waals surface area contributed by atoms with Crippen LogP contribution < -0.4 is 10.2 Å². The minimum absolute atomic E-state index is 0.0145. The smallest absolute Gasteiger partial charge is 0.409 e. The Hall–Kier alpha value is -2.28. The summed E-state index contributed by atoms with van der Waals surface area (Å²) in [5.41, 5.74) is 1.58. The minimum Gasteiger partial charge on any atom is -0.494 e. The monoisotopic (exact) mass is 436 g/mol. The molecule has 170 valence electrons. The van der Waals surface area contributed by atoms with Gasteiger partial charge >= 0.3 is 6.18 Å². The van der Waals surface area contributed by atoms with Crippen molar-refractivity contribution in [3.8, 4) is 5.75 Å². The second-order valence-electron chi connectivity index (χ2n) is 8.83. The normalized spacial score (nSPS) is 17.7. The van der Waals surface area contributed by atoms with Gasteiger partial charge in [0, 0.05) is 12.0 Å². The summed E-state index contributed by atoms with van der Waals surface area (Å²) in [5.74, 6) is 0.243. The maximum atomic E-state index is 14.2. The molecule has 31 heavy (non-hydrogen) atoms. The molecule has 2 aromatic carbocycles. The largest absolute Gasteiger partial charge is 0.494 e. The molecule has 2 aromatic rings. The first-order valence-electron chi connectivity index (χ1n) is 10.9. The first-order chi connectivity index (χ1) is 14.6. The maximum Gasteiger partial charge on any atom is 0.409 e. The quantitative estimate of drug-likeness (QED) is 0.469. The van der Waals surface area contributed by atoms with E-state index in [2.05, 4.69) is 12.3 Å². The fraction of sp³-hybridized carbons (Fsp3) is 0.542. The van der Waals surface area contributed by atoms with Gasteiger partial charge in [0.05, 0.1) is 6.61 Å². The molecule has 1 saturated heterocycles. The Balaban J connectivity index is 1.86. The van der Waals surface area contributed by atoms with Gasteiger partial charge in [-0.25, -0.2) is 0 Å². The molecule has 3 rings (SSSR count). The highest BCUT2D eigenvalue weighted by Gasteiger charge is 2.53. The molecule has 4 nitrogen and oxygen atoms in total. The van der Waals surface area contributed by atoms with Crippen molar-refractivity contribution in [2.24, 2.45) is 0 Å². The first kappa shape index (κ1) is 23.4. The van der Waals surface area contributed by atoms with E-state index < -0.39 is 23.7 Å². The third-order valence-corrected chi connectivity index (χ3v) is 5.76. The molecular formula is C24H31F3N2O2. The lowest BCUT2D eigenvalue weighted by Crippen LogP contribution is -2.51. The summed E-state index contributed by atoms with van der Waals surface area (Å²) in [6.45, 7) is 6.04. The number of halogens is 3. The number of hydrazine groups is 1. The number of nitrogens with one attached hydrogen (secondary N) is 1. The number of hydrogen-bond acceptors (Lipinski definition) is 3. The summed E-state index contributed by atoms with van der Waals surface area (Å²) in [6.07, 6.45) is 1.10. The fourth-order valence-corrected chi connectivity index (χ4v) is 4.19. The van der Waals surface area contributed by atoms with Crippen LogP contribution in [0.25, 0.3) is 10.8 Å². The van der Waals surface area contributed by atoms with Gasteiger partial charge in [-0.1, -0.05) is 56.9 Å². The number of ether oxygens (including phenoxy) is 1. The lowest BCUT2D eigenvalue weighted by molar-refractivity contribution is -0.203. The number of fused-ring (bicyclic) bond motifs is 1. The number of rotatable bonds is 9. The Morgan fingerprint density at radius 3 is 2.52 bits per heavy atom. The molecule has 1 heterocycles. The molecule has 1 amide bonds. The van der Waals surface area contributed by atoms with Crippen molar-refractivity contribution in [1.29, 1.82) is 0 Å². The average molecular weight is 437 g/mol. The molecular weight excluding hydrogens is 405 g/mol. The van der Waals surface area contributed by atoms with Crippen LogP contribution in [0.4, 0.5) is 13.2 Å². The molecule has 0 spiro atoms. The van der Waals surface area contributed by atoms with Crippen molar-refractivity contribution < 1.29 is 22.7 Å². The van der Waals surface area contributed by atoms with E-state index in [1.807, 2.05) is 0 Å². The van der Waals surface area contributed by atoms with Gasteiger partial charge in [-0.15, -0.1) is 0 Å². The van der Waals surface area contributed by atoms with Crippen molar-refractivity contribution in [3.05, 3.63) is 42.0 Å². The molecule has 0 aliphatic carbocycles. The molecule has 0 radical (unpaired) electrons. The topological polar surface area (TPSA) is 41.6 Å². The number of carbonyl (C=O) groups excluding carboxylic acids is 1. The van der Waals surface area contributed by atoms with E-state index in [0.29, 0.717) is 23.1 Å². The predicted molar refractivity (Wildman–Crippen MR) is 116 cm³/mol. The van der Waals surface area contributed by atoms with E-state index in [1.54, 1.807) is 44.2 Å². The molecule has 1 N–H and O–H groups in total. The zero-order valence-corrected chi connectivity index (χ0v) is 18.4. The van der Waals surface area contributed by atoms with Crippen LogP contribution in [0.3, 0.4) is 0 Å². The average Bonchev–Trinajstić information content (AvgIpc) is 2.95. The van der Waals surface area contributed by atoms with Gasteiger partial charge in [-0.2, -0.15) is 18.2 Å². The Kier molecular flexibility index (Phi) is 7.14. The summed E-state index contributed by atoms with van der Waals surface area (Å²) in [6, 6.07) is 8.13. The highest BCUT2D eigenvalue weighted by Crippen LogP contribution is 2.44. The standard InChI is InChI=1S/C24H31F3N2O2/c1-4-5-6-7-8-14-31-18-12-13-19-17(15-18)10-9-11-20(19)22(24(25,26)27)29-23(2,3)16-21(30)28-29/h9-13,15,22H,4-8,14,16H2,1-3H3,(H,28,30)/t22-/m0/s1. The Morgan fingerprint density at radius 1 is 1.13 bits per heavy atom. The number of alkyl halides is 3. The predicted octanol–water partition coefficient (Wildman–Crippen LogP) is 6.31. The summed E-state index contributed by atoms with van der Waals surface area (Å²) >= 11 is 0. The molecule has 0 saturated carbocycles. The zero-order valence-electron chi connectivity index (χ0n) is 18.4. The van der Waals surface area contributed by atoms with Crippen LogP contribution in [0.5, 0.6) is 5.75 Å². The van der Waals surface area contributed by atoms with E-state index in [1.165, 1.54) is 25.3 Å². The van der Waals surface area contributed by atoms with E-state index in [-0.39, 0.29) is 12.0 Å². The third kappa shape index (κ3) is 5.50. The van der Waals surface area contributed by atoms with Crippen LogP contribution in [0, 0.1) is 0 Å². The van der Waals surface area contributed by atoms with Crippen LogP contribution >= 0.6 is 0 Å². The Morgan fingerprint density at radius 2 is 1.87 bits per heavy atom. The lowest BCUT2D eigenvalue weighted by atomic mass is 9.93. The molecule has 0 unspecified atom stereocenters. The maximum absolute atomic E-state index is 14.2. The molecule has 1 atom stereocenters. The number of benzene rings is 2. The number of carbonyl (C=O) groups is 1. The van der Waals surface area contributed by atoms with Gasteiger partial charge in [-0.3, -0.25) is 10.2 Å². The lowest BCUT2D eigenvalue weighted by Gasteiger charge is -2.38. The first-order valence-corrected chi connectivity index (χ1v) is 10.9. The zero-order chi connectivity index (χ0) is 22.6. The summed E-state index contributed by atoms with van der Waals surface area (Å²) < 4.78 is 48.5. The number of nitrogens with zero attached hydrogens (tertiary/aromatic N) is 1. The molecule has 0 aromatic heterocycles. The number of hydrogen-bond donors (Lipinski definition) is 1. The fourth-order valence-electron chi connectivity index (χ4n) is 4.19. The van der Waals surface area contributed by atoms with Crippen molar-refractivity contribution in [2.75, 3.05) is 6.61 Å². The minimum atomic E-state index is -4.56. The summed E-state index contributed by atoms with van der Waals surface area (Å²) in [4.78, 5) is 11.9. The van der Waals surface area contributed by atoms with Gasteiger partial charge in [0.25, 0.3) is 0 Å². The van der Waals surface area contributed by atoms with Crippen LogP contribution in [0.15, 0.2) is 36.4 Å².